The lowest BCUT2D eigenvalue weighted by Gasteiger charge is -2.33. The van der Waals surface area contributed by atoms with E-state index in [0.29, 0.717) is 74.9 Å². The maximum Gasteiger partial charge on any atom is 0.266 e. The van der Waals surface area contributed by atoms with Crippen LogP contribution in [-0.4, -0.2) is 98.9 Å². The lowest BCUT2D eigenvalue weighted by atomic mass is 9.87. The molecular formula is C37H58F2N6O4Si2. The highest BCUT2D eigenvalue weighted by Gasteiger charge is 2.54. The highest BCUT2D eigenvalue weighted by atomic mass is 28.3. The number of halogens is 2. The summed E-state index contributed by atoms with van der Waals surface area (Å²) in [5, 5.41) is 5.14. The van der Waals surface area contributed by atoms with Crippen LogP contribution in [0, 0.1) is 11.3 Å². The molecule has 3 aromatic rings. The number of amides is 1. The third kappa shape index (κ3) is 8.51. The number of nitrogens with zero attached hydrogens (tertiary/aromatic N) is 6. The van der Waals surface area contributed by atoms with E-state index < -0.39 is 28.6 Å². The molecule has 2 aromatic heterocycles. The van der Waals surface area contributed by atoms with Crippen LogP contribution < -0.4 is 4.90 Å². The fraction of sp³-hybridized carbons (Fsp3) is 0.703. The van der Waals surface area contributed by atoms with Crippen molar-refractivity contribution in [2.24, 2.45) is 11.3 Å². The van der Waals surface area contributed by atoms with Crippen molar-refractivity contribution in [3.05, 3.63) is 29.0 Å². The van der Waals surface area contributed by atoms with E-state index in [1.165, 1.54) is 11.0 Å². The molecule has 2 aliphatic carbocycles. The molecule has 282 valence electrons. The number of imidazole rings is 1. The molecule has 51 heavy (non-hydrogen) atoms. The summed E-state index contributed by atoms with van der Waals surface area (Å²) in [5.41, 5.74) is 4.17. The molecule has 1 saturated heterocycles. The van der Waals surface area contributed by atoms with Gasteiger partial charge in [-0.15, -0.1) is 0 Å². The van der Waals surface area contributed by atoms with Gasteiger partial charge in [-0.25, -0.2) is 18.4 Å². The summed E-state index contributed by atoms with van der Waals surface area (Å²) in [6.07, 6.45) is 0.148. The van der Waals surface area contributed by atoms with Crippen molar-refractivity contribution in [2.45, 2.75) is 110 Å². The highest BCUT2D eigenvalue weighted by Crippen LogP contribution is 2.60. The Morgan fingerprint density at radius 1 is 1.06 bits per heavy atom. The summed E-state index contributed by atoms with van der Waals surface area (Å²) >= 11 is 0. The molecule has 0 unspecified atom stereocenters. The first kappa shape index (κ1) is 38.2. The van der Waals surface area contributed by atoms with E-state index in [1.54, 1.807) is 7.05 Å². The van der Waals surface area contributed by atoms with Crippen LogP contribution in [0.3, 0.4) is 0 Å². The topological polar surface area (TPSA) is 86.9 Å². The summed E-state index contributed by atoms with van der Waals surface area (Å²) in [7, 11) is -0.987. The van der Waals surface area contributed by atoms with Crippen molar-refractivity contribution in [3.8, 4) is 11.5 Å². The minimum Gasteiger partial charge on any atom is -0.379 e. The molecule has 3 aliphatic rings. The molecule has 3 heterocycles. The minimum atomic E-state index is -2.80. The van der Waals surface area contributed by atoms with Gasteiger partial charge in [0.1, 0.15) is 19.2 Å². The molecule has 10 nitrogen and oxygen atoms in total. The Bertz CT molecular complexity index is 1730. The van der Waals surface area contributed by atoms with Gasteiger partial charge < -0.3 is 19.1 Å². The van der Waals surface area contributed by atoms with Gasteiger partial charge in [0.15, 0.2) is 5.82 Å². The second kappa shape index (κ2) is 14.7. The van der Waals surface area contributed by atoms with Crippen LogP contribution in [0.25, 0.3) is 22.6 Å². The van der Waals surface area contributed by atoms with Gasteiger partial charge in [-0.2, -0.15) is 5.10 Å². The molecule has 1 aliphatic heterocycles. The quantitative estimate of drug-likeness (QED) is 0.120. The molecular weight excluding hydrogens is 687 g/mol. The van der Waals surface area contributed by atoms with Gasteiger partial charge in [-0.05, 0) is 61.7 Å². The number of aromatic nitrogens is 4. The van der Waals surface area contributed by atoms with Crippen LogP contribution in [0.1, 0.15) is 43.5 Å². The van der Waals surface area contributed by atoms with Crippen molar-refractivity contribution >= 4 is 38.8 Å². The fourth-order valence-corrected chi connectivity index (χ4v) is 8.91. The van der Waals surface area contributed by atoms with Crippen molar-refractivity contribution in [1.29, 1.82) is 0 Å². The summed E-state index contributed by atoms with van der Waals surface area (Å²) in [6, 6.07) is 4.84. The molecule has 0 bridgehead atoms. The Morgan fingerprint density at radius 3 is 2.33 bits per heavy atom. The van der Waals surface area contributed by atoms with Gasteiger partial charge in [0.25, 0.3) is 6.43 Å². The van der Waals surface area contributed by atoms with Gasteiger partial charge in [0.05, 0.1) is 30.3 Å². The Kier molecular flexibility index (Phi) is 11.0. The van der Waals surface area contributed by atoms with Crippen molar-refractivity contribution in [3.63, 3.8) is 0 Å². The van der Waals surface area contributed by atoms with Crippen LogP contribution in [-0.2, 0) is 45.3 Å². The average Bonchev–Trinajstić information content (AvgIpc) is 3.43. The Balaban J connectivity index is 1.42. The first-order valence-corrected chi connectivity index (χ1v) is 26.0. The van der Waals surface area contributed by atoms with Gasteiger partial charge >= 0.3 is 0 Å². The number of alkyl halides is 2. The summed E-state index contributed by atoms with van der Waals surface area (Å²) in [4.78, 5) is 22.3. The number of benzene rings is 1. The number of carbonyl (C=O) groups excluding carboxylic acids is 1. The second-order valence-corrected chi connectivity index (χ2v) is 28.9. The van der Waals surface area contributed by atoms with Crippen LogP contribution in [0.4, 0.5) is 14.5 Å². The average molecular weight is 745 g/mol. The first-order chi connectivity index (χ1) is 24.0. The number of ether oxygens (including phenoxy) is 3. The Hall–Kier alpha value is -2.50. The molecule has 1 aromatic carbocycles. The van der Waals surface area contributed by atoms with E-state index in [2.05, 4.69) is 51.1 Å². The van der Waals surface area contributed by atoms with E-state index in [4.69, 9.17) is 24.3 Å². The van der Waals surface area contributed by atoms with Gasteiger partial charge in [-0.1, -0.05) is 46.2 Å². The third-order valence-corrected chi connectivity index (χ3v) is 14.5. The summed E-state index contributed by atoms with van der Waals surface area (Å²) in [6.45, 7) is 22.3. The number of fused-ring (bicyclic) bond motifs is 3. The SMILES string of the molecule is C[C@@H](C(=O)N(C)c1cc(C(F)F)c2nc(-c3nn(COCC[Si](C)(C)C)c4c3C[C@@H]3C[C@]3(C)C4)n(COCC[Si](C)(C)C)c2c1)N1CCOCC1. The predicted octanol–water partition coefficient (Wildman–Crippen LogP) is 7.27. The smallest absolute Gasteiger partial charge is 0.266 e. The van der Waals surface area contributed by atoms with E-state index in [9.17, 15) is 13.6 Å². The summed E-state index contributed by atoms with van der Waals surface area (Å²) in [5.74, 6) is 0.925. The van der Waals surface area contributed by atoms with Crippen LogP contribution in [0.5, 0.6) is 0 Å². The van der Waals surface area contributed by atoms with Crippen LogP contribution in [0.2, 0.25) is 51.4 Å². The largest absolute Gasteiger partial charge is 0.379 e. The predicted molar refractivity (Wildman–Crippen MR) is 203 cm³/mol. The third-order valence-electron chi connectivity index (χ3n) is 11.1. The summed E-state index contributed by atoms with van der Waals surface area (Å²) < 4.78 is 51.8. The van der Waals surface area contributed by atoms with Crippen LogP contribution >= 0.6 is 0 Å². The maximum absolute atomic E-state index is 15.0. The lowest BCUT2D eigenvalue weighted by molar-refractivity contribution is -0.124. The normalized spacial score (nSPS) is 21.6. The van der Waals surface area contributed by atoms with Gasteiger partial charge in [-0.3, -0.25) is 14.3 Å². The number of rotatable bonds is 15. The molecule has 14 heteroatoms. The van der Waals surface area contributed by atoms with Crippen molar-refractivity contribution in [1.82, 2.24) is 24.2 Å². The van der Waals surface area contributed by atoms with E-state index >= 15 is 0 Å². The second-order valence-electron chi connectivity index (χ2n) is 17.7. The number of hydrogen-bond donors (Lipinski definition) is 0. The Labute approximate surface area is 303 Å². The molecule has 6 rings (SSSR count). The minimum absolute atomic E-state index is 0.139. The Morgan fingerprint density at radius 2 is 1.71 bits per heavy atom. The molecule has 0 N–H and O–H groups in total. The molecule has 0 spiro atoms. The maximum atomic E-state index is 15.0. The van der Waals surface area contributed by atoms with Gasteiger partial charge in [0, 0.05) is 72.0 Å². The molecule has 2 fully saturated rings. The van der Waals surface area contributed by atoms with Crippen molar-refractivity contribution < 1.29 is 27.8 Å². The number of morpholine rings is 1. The number of carbonyl (C=O) groups is 1. The molecule has 0 radical (unpaired) electrons. The number of anilines is 1. The van der Waals surface area contributed by atoms with E-state index in [-0.39, 0.29) is 29.1 Å². The monoisotopic (exact) mass is 744 g/mol. The molecule has 1 amide bonds. The standard InChI is InChI=1S/C37H58F2N6O4Si2/c1-25(43-10-12-47-13-11-43)36(46)42(3)27-19-29(34(38)39)32-30(20-27)44(23-48-14-16-50(4,5)6)35(40-32)33-28-18-26-21-37(26,2)22-31(28)45(41-33)24-49-15-17-51(7,8)9/h19-20,25-26,34H,10-18,21-24H2,1-9H3/t25-,26+,37+/m0/s1. The number of likely N-dealkylation sites (N-methyl/N-ethyl adjacent to an activating group) is 1. The molecule has 1 saturated carbocycles. The van der Waals surface area contributed by atoms with Crippen molar-refractivity contribution in [2.75, 3.05) is 51.5 Å². The zero-order chi connectivity index (χ0) is 36.9. The molecule has 3 atom stereocenters. The van der Waals surface area contributed by atoms with Gasteiger partial charge in [0.2, 0.25) is 5.91 Å². The zero-order valence-corrected chi connectivity index (χ0v) is 34.2. The first-order valence-electron chi connectivity index (χ1n) is 18.6. The van der Waals surface area contributed by atoms with E-state index in [0.717, 1.165) is 42.6 Å². The zero-order valence-electron chi connectivity index (χ0n) is 32.2. The fourth-order valence-electron chi connectivity index (χ4n) is 7.40. The van der Waals surface area contributed by atoms with E-state index in [1.807, 2.05) is 22.2 Å². The lowest BCUT2D eigenvalue weighted by Crippen LogP contribution is -2.50. The number of hydrogen-bond acceptors (Lipinski definition) is 7. The highest BCUT2D eigenvalue weighted by molar-refractivity contribution is 6.76. The van der Waals surface area contributed by atoms with Crippen LogP contribution in [0.15, 0.2) is 12.1 Å².